The second kappa shape index (κ2) is 9.38. The standard InChI is InChI=1S/C33H32N2/c1-23-15-18-27-28-19-17-26(22-30(28)33(2,3)29(27)21-23)31(20-16-24-11-7-5-8-12-24)35-32(34-4)25-13-9-6-10-14-25/h5-15,17-22H,16H2,1-4H3,(H,34,35)/b31-20-. The Kier molecular flexibility index (Phi) is 6.13. The van der Waals surface area contributed by atoms with Crippen molar-refractivity contribution in [3.05, 3.63) is 137 Å². The summed E-state index contributed by atoms with van der Waals surface area (Å²) in [6.45, 7) is 6.85. The number of amidine groups is 1. The molecule has 1 aliphatic carbocycles. The van der Waals surface area contributed by atoms with Crippen molar-refractivity contribution in [2.24, 2.45) is 4.99 Å². The average Bonchev–Trinajstić information content (AvgIpc) is 3.11. The molecule has 0 fully saturated rings. The van der Waals surface area contributed by atoms with Crippen LogP contribution in [-0.2, 0) is 11.8 Å². The van der Waals surface area contributed by atoms with E-state index in [1.165, 1.54) is 38.9 Å². The van der Waals surface area contributed by atoms with Gasteiger partial charge in [0.05, 0.1) is 0 Å². The minimum absolute atomic E-state index is 0.0433. The molecule has 0 atom stereocenters. The minimum Gasteiger partial charge on any atom is -0.340 e. The molecule has 0 bridgehead atoms. The Balaban J connectivity index is 1.57. The Labute approximate surface area is 209 Å². The summed E-state index contributed by atoms with van der Waals surface area (Å²) >= 11 is 0. The molecule has 2 heteroatoms. The molecule has 0 saturated carbocycles. The molecule has 0 radical (unpaired) electrons. The summed E-state index contributed by atoms with van der Waals surface area (Å²) < 4.78 is 0. The number of hydrogen-bond acceptors (Lipinski definition) is 1. The Morgan fingerprint density at radius 1 is 0.771 bits per heavy atom. The van der Waals surface area contributed by atoms with E-state index in [-0.39, 0.29) is 5.41 Å². The monoisotopic (exact) mass is 456 g/mol. The molecule has 0 spiro atoms. The molecule has 0 heterocycles. The molecule has 35 heavy (non-hydrogen) atoms. The first-order chi connectivity index (χ1) is 17.0. The van der Waals surface area contributed by atoms with Gasteiger partial charge in [-0.05, 0) is 52.8 Å². The molecule has 5 rings (SSSR count). The summed E-state index contributed by atoms with van der Waals surface area (Å²) in [6.07, 6.45) is 3.12. The van der Waals surface area contributed by atoms with Crippen LogP contribution in [0.5, 0.6) is 0 Å². The average molecular weight is 457 g/mol. The van der Waals surface area contributed by atoms with E-state index < -0.39 is 0 Å². The van der Waals surface area contributed by atoms with Crippen LogP contribution in [0.3, 0.4) is 0 Å². The van der Waals surface area contributed by atoms with Gasteiger partial charge in [-0.2, -0.15) is 0 Å². The lowest BCUT2D eigenvalue weighted by molar-refractivity contribution is 0.659. The van der Waals surface area contributed by atoms with Crippen LogP contribution in [0, 0.1) is 6.92 Å². The fourth-order valence-corrected chi connectivity index (χ4v) is 5.07. The van der Waals surface area contributed by atoms with E-state index >= 15 is 0 Å². The lowest BCUT2D eigenvalue weighted by atomic mass is 9.81. The van der Waals surface area contributed by atoms with Crippen molar-refractivity contribution in [1.82, 2.24) is 5.32 Å². The van der Waals surface area contributed by atoms with Crippen molar-refractivity contribution in [1.29, 1.82) is 0 Å². The normalized spacial score (nSPS) is 14.4. The summed E-state index contributed by atoms with van der Waals surface area (Å²) in [7, 11) is 1.84. The van der Waals surface area contributed by atoms with E-state index in [9.17, 15) is 0 Å². The van der Waals surface area contributed by atoms with E-state index in [1.54, 1.807) is 0 Å². The highest BCUT2D eigenvalue weighted by atomic mass is 15.0. The minimum atomic E-state index is -0.0433. The fourth-order valence-electron chi connectivity index (χ4n) is 5.07. The van der Waals surface area contributed by atoms with Crippen LogP contribution in [0.25, 0.3) is 16.8 Å². The Morgan fingerprint density at radius 2 is 1.40 bits per heavy atom. The van der Waals surface area contributed by atoms with Crippen LogP contribution in [0.1, 0.15) is 47.2 Å². The third kappa shape index (κ3) is 4.44. The number of benzene rings is 4. The number of nitrogens with zero attached hydrogens (tertiary/aromatic N) is 1. The van der Waals surface area contributed by atoms with Crippen molar-refractivity contribution in [2.75, 3.05) is 7.05 Å². The van der Waals surface area contributed by atoms with Gasteiger partial charge in [0.15, 0.2) is 0 Å². The van der Waals surface area contributed by atoms with E-state index in [0.717, 1.165) is 23.5 Å². The van der Waals surface area contributed by atoms with E-state index in [2.05, 4.69) is 116 Å². The van der Waals surface area contributed by atoms with Gasteiger partial charge in [-0.3, -0.25) is 4.99 Å². The number of allylic oxidation sites excluding steroid dienone is 1. The molecule has 4 aromatic rings. The molecule has 174 valence electrons. The Bertz CT molecular complexity index is 1410. The zero-order chi connectivity index (χ0) is 24.4. The van der Waals surface area contributed by atoms with Crippen LogP contribution in [0.15, 0.2) is 108 Å². The predicted octanol–water partition coefficient (Wildman–Crippen LogP) is 7.55. The van der Waals surface area contributed by atoms with Crippen molar-refractivity contribution in [3.8, 4) is 11.1 Å². The maximum Gasteiger partial charge on any atom is 0.132 e. The molecule has 1 aliphatic rings. The SMILES string of the molecule is CN=C(N/C(=C\Cc1ccccc1)c1ccc2c(c1)C(C)(C)c1cc(C)ccc1-2)c1ccccc1. The number of fused-ring (bicyclic) bond motifs is 3. The summed E-state index contributed by atoms with van der Waals surface area (Å²) in [5.74, 6) is 0.864. The molecule has 1 N–H and O–H groups in total. The molecule has 0 aromatic heterocycles. The highest BCUT2D eigenvalue weighted by Crippen LogP contribution is 2.49. The molecule has 4 aromatic carbocycles. The van der Waals surface area contributed by atoms with E-state index in [0.29, 0.717) is 0 Å². The number of nitrogens with one attached hydrogen (secondary N) is 1. The summed E-state index contributed by atoms with van der Waals surface area (Å²) in [5, 5.41) is 3.67. The first-order valence-electron chi connectivity index (χ1n) is 12.3. The lowest BCUT2D eigenvalue weighted by Gasteiger charge is -2.23. The van der Waals surface area contributed by atoms with E-state index in [4.69, 9.17) is 0 Å². The van der Waals surface area contributed by atoms with Gasteiger partial charge in [0.25, 0.3) is 0 Å². The van der Waals surface area contributed by atoms with Gasteiger partial charge in [-0.1, -0.05) is 116 Å². The highest BCUT2D eigenvalue weighted by Gasteiger charge is 2.35. The maximum atomic E-state index is 4.59. The summed E-state index contributed by atoms with van der Waals surface area (Å²) in [6, 6.07) is 34.6. The molecular formula is C33H32N2. The number of aryl methyl sites for hydroxylation is 1. The molecule has 0 saturated heterocycles. The fraction of sp³-hybridized carbons (Fsp3) is 0.182. The first kappa shape index (κ1) is 22.9. The molecule has 0 unspecified atom stereocenters. The van der Waals surface area contributed by atoms with Crippen LogP contribution in [-0.4, -0.2) is 12.9 Å². The molecule has 0 amide bonds. The van der Waals surface area contributed by atoms with E-state index in [1.807, 2.05) is 25.2 Å². The Hall–Kier alpha value is -3.91. The van der Waals surface area contributed by atoms with Crippen molar-refractivity contribution in [2.45, 2.75) is 32.6 Å². The van der Waals surface area contributed by atoms with Crippen LogP contribution < -0.4 is 5.32 Å². The van der Waals surface area contributed by atoms with Crippen molar-refractivity contribution < 1.29 is 0 Å². The van der Waals surface area contributed by atoms with Gasteiger partial charge in [0, 0.05) is 23.7 Å². The van der Waals surface area contributed by atoms with Gasteiger partial charge < -0.3 is 5.32 Å². The predicted molar refractivity (Wildman–Crippen MR) is 149 cm³/mol. The zero-order valence-corrected chi connectivity index (χ0v) is 21.0. The van der Waals surface area contributed by atoms with Crippen molar-refractivity contribution in [3.63, 3.8) is 0 Å². The van der Waals surface area contributed by atoms with Crippen LogP contribution in [0.4, 0.5) is 0 Å². The number of aliphatic imine (C=N–C) groups is 1. The van der Waals surface area contributed by atoms with Gasteiger partial charge in [0.1, 0.15) is 5.84 Å². The quantitative estimate of drug-likeness (QED) is 0.243. The van der Waals surface area contributed by atoms with Crippen LogP contribution >= 0.6 is 0 Å². The zero-order valence-electron chi connectivity index (χ0n) is 21.0. The van der Waals surface area contributed by atoms with Crippen molar-refractivity contribution >= 4 is 11.5 Å². The second-order valence-corrected chi connectivity index (χ2v) is 9.81. The molecular weight excluding hydrogens is 424 g/mol. The van der Waals surface area contributed by atoms with Crippen LogP contribution in [0.2, 0.25) is 0 Å². The summed E-state index contributed by atoms with van der Waals surface area (Å²) in [5.41, 5.74) is 11.3. The third-order valence-electron chi connectivity index (χ3n) is 7.05. The molecule has 0 aliphatic heterocycles. The smallest absolute Gasteiger partial charge is 0.132 e. The summed E-state index contributed by atoms with van der Waals surface area (Å²) in [4.78, 5) is 4.59. The third-order valence-corrected chi connectivity index (χ3v) is 7.05. The molecule has 2 nitrogen and oxygen atoms in total. The number of hydrogen-bond donors (Lipinski definition) is 1. The first-order valence-corrected chi connectivity index (χ1v) is 12.3. The largest absolute Gasteiger partial charge is 0.340 e. The topological polar surface area (TPSA) is 24.4 Å². The van der Waals surface area contributed by atoms with Gasteiger partial charge >= 0.3 is 0 Å². The van der Waals surface area contributed by atoms with Gasteiger partial charge in [-0.15, -0.1) is 0 Å². The van der Waals surface area contributed by atoms with Gasteiger partial charge in [-0.25, -0.2) is 0 Å². The maximum absolute atomic E-state index is 4.59. The second-order valence-electron chi connectivity index (χ2n) is 9.81. The Morgan fingerprint density at radius 3 is 2.09 bits per heavy atom. The van der Waals surface area contributed by atoms with Gasteiger partial charge in [0.2, 0.25) is 0 Å². The lowest BCUT2D eigenvalue weighted by Crippen LogP contribution is -2.23. The number of rotatable bonds is 5. The highest BCUT2D eigenvalue weighted by molar-refractivity contribution is 6.03.